The summed E-state index contributed by atoms with van der Waals surface area (Å²) in [5.41, 5.74) is 0.583. The summed E-state index contributed by atoms with van der Waals surface area (Å²) in [4.78, 5) is 8.10. The van der Waals surface area contributed by atoms with Gasteiger partial charge < -0.3 is 5.11 Å². The zero-order valence-corrected chi connectivity index (χ0v) is 8.50. The minimum Gasteiger partial charge on any atom is -0.396 e. The third-order valence-corrected chi connectivity index (χ3v) is 2.28. The van der Waals surface area contributed by atoms with Gasteiger partial charge in [-0.25, -0.2) is 14.4 Å². The molecule has 1 aromatic carbocycles. The topological polar surface area (TPSA) is 46.0 Å². The van der Waals surface area contributed by atoms with E-state index in [1.807, 2.05) is 0 Å². The van der Waals surface area contributed by atoms with Crippen molar-refractivity contribution in [2.75, 3.05) is 6.61 Å². The summed E-state index contributed by atoms with van der Waals surface area (Å²) in [5.74, 6) is 0.0875. The minimum absolute atomic E-state index is 0.0387. The van der Waals surface area contributed by atoms with Crippen LogP contribution in [0, 0.1) is 5.82 Å². The third-order valence-electron chi connectivity index (χ3n) is 1.99. The second kappa shape index (κ2) is 4.08. The molecule has 0 amide bonds. The van der Waals surface area contributed by atoms with E-state index in [0.717, 1.165) is 0 Å². The van der Waals surface area contributed by atoms with E-state index >= 15 is 0 Å². The summed E-state index contributed by atoms with van der Waals surface area (Å²) < 4.78 is 12.9. The van der Waals surface area contributed by atoms with Gasteiger partial charge in [0.25, 0.3) is 0 Å². The standard InChI is InChI=1S/C10H8ClFN2O/c11-10-7-5-6(12)1-2-8(7)13-9(14-10)3-4-15/h1-2,5,15H,3-4H2. The zero-order chi connectivity index (χ0) is 10.8. The Hall–Kier alpha value is -1.26. The fourth-order valence-electron chi connectivity index (χ4n) is 1.32. The summed E-state index contributed by atoms with van der Waals surface area (Å²) in [7, 11) is 0. The quantitative estimate of drug-likeness (QED) is 0.797. The van der Waals surface area contributed by atoms with E-state index in [4.69, 9.17) is 16.7 Å². The first kappa shape index (κ1) is 10.3. The van der Waals surface area contributed by atoms with Gasteiger partial charge in [0.05, 0.1) is 12.1 Å². The Bertz CT molecular complexity index is 504. The van der Waals surface area contributed by atoms with Crippen LogP contribution < -0.4 is 0 Å². The molecule has 1 aromatic heterocycles. The average Bonchev–Trinajstić information content (AvgIpc) is 2.20. The molecule has 0 fully saturated rings. The molecule has 1 N–H and O–H groups in total. The normalized spacial score (nSPS) is 10.9. The molecule has 3 nitrogen and oxygen atoms in total. The van der Waals surface area contributed by atoms with E-state index in [9.17, 15) is 4.39 Å². The summed E-state index contributed by atoms with van der Waals surface area (Å²) in [6.07, 6.45) is 0.340. The van der Waals surface area contributed by atoms with E-state index in [2.05, 4.69) is 9.97 Å². The van der Waals surface area contributed by atoms with Crippen LogP contribution in [-0.4, -0.2) is 21.7 Å². The smallest absolute Gasteiger partial charge is 0.140 e. The van der Waals surface area contributed by atoms with Crippen LogP contribution in [0.4, 0.5) is 4.39 Å². The fraction of sp³-hybridized carbons (Fsp3) is 0.200. The van der Waals surface area contributed by atoms with E-state index in [-0.39, 0.29) is 17.6 Å². The Kier molecular flexibility index (Phi) is 2.79. The highest BCUT2D eigenvalue weighted by molar-refractivity contribution is 6.34. The minimum atomic E-state index is -0.372. The highest BCUT2D eigenvalue weighted by atomic mass is 35.5. The molecule has 2 aromatic rings. The van der Waals surface area contributed by atoms with Crippen molar-refractivity contribution in [1.29, 1.82) is 0 Å². The number of halogens is 2. The maximum Gasteiger partial charge on any atom is 0.140 e. The molecular weight excluding hydrogens is 219 g/mol. The maximum absolute atomic E-state index is 12.9. The predicted octanol–water partition coefficient (Wildman–Crippen LogP) is 1.96. The lowest BCUT2D eigenvalue weighted by molar-refractivity contribution is 0.297. The number of fused-ring (bicyclic) bond motifs is 1. The van der Waals surface area contributed by atoms with Gasteiger partial charge >= 0.3 is 0 Å². The third kappa shape index (κ3) is 2.06. The number of benzene rings is 1. The summed E-state index contributed by atoms with van der Waals surface area (Å²) in [5, 5.41) is 9.44. The van der Waals surface area contributed by atoms with Gasteiger partial charge in [-0.2, -0.15) is 0 Å². The Morgan fingerprint density at radius 2 is 2.13 bits per heavy atom. The van der Waals surface area contributed by atoms with Crippen molar-refractivity contribution in [3.05, 3.63) is 35.0 Å². The number of aliphatic hydroxyl groups excluding tert-OH is 1. The first-order valence-electron chi connectivity index (χ1n) is 4.43. The van der Waals surface area contributed by atoms with Gasteiger partial charge in [0.2, 0.25) is 0 Å². The lowest BCUT2D eigenvalue weighted by Gasteiger charge is -2.02. The average molecular weight is 227 g/mol. The van der Waals surface area contributed by atoms with E-state index in [1.54, 1.807) is 6.07 Å². The van der Waals surface area contributed by atoms with Crippen LogP contribution in [0.3, 0.4) is 0 Å². The number of hydrogen-bond donors (Lipinski definition) is 1. The zero-order valence-electron chi connectivity index (χ0n) is 7.74. The van der Waals surface area contributed by atoms with Gasteiger partial charge in [-0.3, -0.25) is 0 Å². The molecule has 0 aliphatic rings. The fourth-order valence-corrected chi connectivity index (χ4v) is 1.57. The highest BCUT2D eigenvalue weighted by Gasteiger charge is 2.06. The maximum atomic E-state index is 12.9. The Morgan fingerprint density at radius 1 is 1.33 bits per heavy atom. The molecule has 0 radical (unpaired) electrons. The lowest BCUT2D eigenvalue weighted by Crippen LogP contribution is -1.99. The second-order valence-corrected chi connectivity index (χ2v) is 3.42. The van der Waals surface area contributed by atoms with Crippen LogP contribution >= 0.6 is 11.6 Å². The lowest BCUT2D eigenvalue weighted by atomic mass is 10.2. The van der Waals surface area contributed by atoms with Crippen LogP contribution in [0.2, 0.25) is 5.15 Å². The first-order chi connectivity index (χ1) is 7.20. The number of aromatic nitrogens is 2. The Morgan fingerprint density at radius 3 is 2.87 bits per heavy atom. The van der Waals surface area contributed by atoms with Gasteiger partial charge in [-0.1, -0.05) is 11.6 Å². The van der Waals surface area contributed by atoms with Crippen molar-refractivity contribution in [1.82, 2.24) is 9.97 Å². The number of hydrogen-bond acceptors (Lipinski definition) is 3. The van der Waals surface area contributed by atoms with Gasteiger partial charge in [-0.15, -0.1) is 0 Å². The number of rotatable bonds is 2. The van der Waals surface area contributed by atoms with Crippen molar-refractivity contribution in [2.24, 2.45) is 0 Å². The summed E-state index contributed by atoms with van der Waals surface area (Å²) >= 11 is 5.87. The molecule has 0 unspecified atom stereocenters. The van der Waals surface area contributed by atoms with Crippen LogP contribution in [0.25, 0.3) is 10.9 Å². The SMILES string of the molecule is OCCc1nc(Cl)c2cc(F)ccc2n1. The van der Waals surface area contributed by atoms with Crippen molar-refractivity contribution in [2.45, 2.75) is 6.42 Å². The van der Waals surface area contributed by atoms with Crippen LogP contribution in [-0.2, 0) is 6.42 Å². The van der Waals surface area contributed by atoms with E-state index in [0.29, 0.717) is 23.1 Å². The predicted molar refractivity (Wildman–Crippen MR) is 55.3 cm³/mol. The largest absolute Gasteiger partial charge is 0.396 e. The van der Waals surface area contributed by atoms with Crippen LogP contribution in [0.15, 0.2) is 18.2 Å². The van der Waals surface area contributed by atoms with Gasteiger partial charge in [-0.05, 0) is 18.2 Å². The van der Waals surface area contributed by atoms with Gasteiger partial charge in [0.15, 0.2) is 0 Å². The molecule has 1 heterocycles. The monoisotopic (exact) mass is 226 g/mol. The van der Waals surface area contributed by atoms with Crippen LogP contribution in [0.1, 0.15) is 5.82 Å². The molecule has 78 valence electrons. The first-order valence-corrected chi connectivity index (χ1v) is 4.81. The highest BCUT2D eigenvalue weighted by Crippen LogP contribution is 2.21. The molecule has 0 bridgehead atoms. The molecule has 0 saturated carbocycles. The molecule has 0 atom stereocenters. The van der Waals surface area contributed by atoms with Crippen molar-refractivity contribution in [3.8, 4) is 0 Å². The molecule has 2 rings (SSSR count). The molecular formula is C10H8ClFN2O. The van der Waals surface area contributed by atoms with Crippen molar-refractivity contribution in [3.63, 3.8) is 0 Å². The molecule has 0 aliphatic carbocycles. The second-order valence-electron chi connectivity index (χ2n) is 3.07. The van der Waals surface area contributed by atoms with Gasteiger partial charge in [0.1, 0.15) is 16.8 Å². The van der Waals surface area contributed by atoms with Gasteiger partial charge in [0, 0.05) is 11.8 Å². The summed E-state index contributed by atoms with van der Waals surface area (Å²) in [6.45, 7) is -0.0387. The molecule has 15 heavy (non-hydrogen) atoms. The van der Waals surface area contributed by atoms with Crippen molar-refractivity contribution >= 4 is 22.5 Å². The molecule has 0 spiro atoms. The molecule has 0 saturated heterocycles. The van der Waals surface area contributed by atoms with Crippen molar-refractivity contribution < 1.29 is 9.50 Å². The number of aliphatic hydroxyl groups is 1. The van der Waals surface area contributed by atoms with E-state index in [1.165, 1.54) is 12.1 Å². The molecule has 0 aliphatic heterocycles. The van der Waals surface area contributed by atoms with Crippen LogP contribution in [0.5, 0.6) is 0 Å². The summed E-state index contributed by atoms with van der Waals surface area (Å²) in [6, 6.07) is 4.15. The van der Waals surface area contributed by atoms with E-state index < -0.39 is 0 Å². The Labute approximate surface area is 90.5 Å². The number of nitrogens with zero attached hydrogens (tertiary/aromatic N) is 2. The molecule has 5 heteroatoms. The Balaban J connectivity index is 2.62.